The molecule has 1 aromatic heterocycles. The number of aromatic nitrogens is 2. The molecule has 0 radical (unpaired) electrons. The summed E-state index contributed by atoms with van der Waals surface area (Å²) in [5, 5.41) is 0. The Morgan fingerprint density at radius 1 is 0.778 bits per heavy atom. The number of aromatic amines is 1. The number of rotatable bonds is 9. The van der Waals surface area contributed by atoms with Gasteiger partial charge in [-0.1, -0.05) is 91.0 Å². The number of hydrogen-bond donors (Lipinski definition) is 1. The molecule has 1 aliphatic rings. The van der Waals surface area contributed by atoms with Crippen LogP contribution in [0.3, 0.4) is 0 Å². The molecule has 0 saturated carbocycles. The molecule has 1 atom stereocenters. The number of aryl methyl sites for hydroxylation is 1. The summed E-state index contributed by atoms with van der Waals surface area (Å²) in [4.78, 5) is 13.7. The van der Waals surface area contributed by atoms with E-state index in [1.807, 2.05) is 6.07 Å². The van der Waals surface area contributed by atoms with Crippen LogP contribution in [-0.4, -0.2) is 52.5 Å². The zero-order valence-electron chi connectivity index (χ0n) is 21.6. The third-order valence-electron chi connectivity index (χ3n) is 7.69. The number of nitrogens with one attached hydrogen (secondary N) is 1. The van der Waals surface area contributed by atoms with E-state index >= 15 is 0 Å². The Kier molecular flexibility index (Phi) is 7.95. The van der Waals surface area contributed by atoms with E-state index in [9.17, 15) is 0 Å². The molecule has 0 amide bonds. The van der Waals surface area contributed by atoms with Crippen LogP contribution in [0.4, 0.5) is 0 Å². The Hall–Kier alpha value is -3.21. The third-order valence-corrected chi connectivity index (χ3v) is 7.69. The zero-order valence-corrected chi connectivity index (χ0v) is 21.6. The van der Waals surface area contributed by atoms with E-state index in [-0.39, 0.29) is 0 Å². The van der Waals surface area contributed by atoms with Crippen molar-refractivity contribution in [2.45, 2.75) is 38.6 Å². The van der Waals surface area contributed by atoms with E-state index < -0.39 is 0 Å². The van der Waals surface area contributed by atoms with Crippen molar-refractivity contribution >= 4 is 0 Å². The predicted molar refractivity (Wildman–Crippen MR) is 149 cm³/mol. The largest absolute Gasteiger partial charge is 0.342 e. The predicted octanol–water partition coefficient (Wildman–Crippen LogP) is 6.68. The molecule has 0 bridgehead atoms. The van der Waals surface area contributed by atoms with Gasteiger partial charge < -0.3 is 9.88 Å². The molecule has 4 aromatic rings. The van der Waals surface area contributed by atoms with E-state index in [0.29, 0.717) is 12.0 Å². The minimum Gasteiger partial charge on any atom is -0.342 e. The molecular formula is C32H38N4. The monoisotopic (exact) mass is 478 g/mol. The maximum Gasteiger partial charge on any atom is 0.137 e. The van der Waals surface area contributed by atoms with Gasteiger partial charge in [-0.2, -0.15) is 0 Å². The Morgan fingerprint density at radius 2 is 1.33 bits per heavy atom. The van der Waals surface area contributed by atoms with Crippen LogP contribution in [0.25, 0.3) is 11.4 Å². The van der Waals surface area contributed by atoms with Gasteiger partial charge in [0.05, 0.1) is 11.7 Å². The van der Waals surface area contributed by atoms with Crippen LogP contribution in [-0.2, 0) is 0 Å². The molecule has 3 aromatic carbocycles. The highest BCUT2D eigenvalue weighted by Gasteiger charge is 2.25. The fourth-order valence-electron chi connectivity index (χ4n) is 5.58. The number of nitrogens with zero attached hydrogens (tertiary/aromatic N) is 3. The number of piperazine rings is 1. The third kappa shape index (κ3) is 5.77. The van der Waals surface area contributed by atoms with Gasteiger partial charge in [0.1, 0.15) is 5.82 Å². The summed E-state index contributed by atoms with van der Waals surface area (Å²) in [6.45, 7) is 10.1. The molecule has 1 saturated heterocycles. The lowest BCUT2D eigenvalue weighted by atomic mass is 9.87. The van der Waals surface area contributed by atoms with E-state index in [4.69, 9.17) is 4.98 Å². The lowest BCUT2D eigenvalue weighted by molar-refractivity contribution is 0.0994. The fraction of sp³-hybridized carbons (Fsp3) is 0.344. The topological polar surface area (TPSA) is 35.2 Å². The number of hydrogen-bond acceptors (Lipinski definition) is 3. The highest BCUT2D eigenvalue weighted by molar-refractivity contribution is 5.55. The molecule has 4 heteroatoms. The van der Waals surface area contributed by atoms with Gasteiger partial charge in [-0.05, 0) is 44.4 Å². The number of benzene rings is 3. The van der Waals surface area contributed by atoms with Gasteiger partial charge >= 0.3 is 0 Å². The summed E-state index contributed by atoms with van der Waals surface area (Å²) >= 11 is 0. The van der Waals surface area contributed by atoms with Gasteiger partial charge in [0, 0.05) is 43.4 Å². The lowest BCUT2D eigenvalue weighted by Crippen LogP contribution is -2.47. The lowest BCUT2D eigenvalue weighted by Gasteiger charge is -2.38. The van der Waals surface area contributed by atoms with Crippen LogP contribution < -0.4 is 0 Å². The van der Waals surface area contributed by atoms with Crippen molar-refractivity contribution in [2.75, 3.05) is 32.7 Å². The summed E-state index contributed by atoms with van der Waals surface area (Å²) in [5.74, 6) is 1.44. The van der Waals surface area contributed by atoms with E-state index in [1.54, 1.807) is 0 Å². The van der Waals surface area contributed by atoms with Crippen molar-refractivity contribution in [3.05, 3.63) is 114 Å². The molecule has 2 heterocycles. The van der Waals surface area contributed by atoms with Crippen LogP contribution >= 0.6 is 0 Å². The van der Waals surface area contributed by atoms with Crippen molar-refractivity contribution < 1.29 is 0 Å². The van der Waals surface area contributed by atoms with Crippen molar-refractivity contribution in [3.8, 4) is 11.4 Å². The van der Waals surface area contributed by atoms with Gasteiger partial charge in [-0.15, -0.1) is 0 Å². The smallest absolute Gasteiger partial charge is 0.137 e. The van der Waals surface area contributed by atoms with Crippen molar-refractivity contribution in [3.63, 3.8) is 0 Å². The SMILES string of the molecule is Cc1[nH]c(-c2ccccc2)nc1C(C)N1CCN(CCCC(c2ccccc2)c2ccccc2)CC1. The van der Waals surface area contributed by atoms with Crippen LogP contribution in [0.5, 0.6) is 0 Å². The Morgan fingerprint density at radius 3 is 1.92 bits per heavy atom. The highest BCUT2D eigenvalue weighted by Crippen LogP contribution is 2.30. The molecule has 0 spiro atoms. The number of imidazole rings is 1. The molecule has 186 valence electrons. The van der Waals surface area contributed by atoms with E-state index in [2.05, 4.69) is 114 Å². The van der Waals surface area contributed by atoms with Crippen LogP contribution in [0.2, 0.25) is 0 Å². The molecule has 1 aliphatic heterocycles. The second-order valence-corrected chi connectivity index (χ2v) is 10.0. The molecule has 5 rings (SSSR count). The first-order valence-electron chi connectivity index (χ1n) is 13.4. The van der Waals surface area contributed by atoms with Gasteiger partial charge in [0.2, 0.25) is 0 Å². The molecule has 1 fully saturated rings. The van der Waals surface area contributed by atoms with Crippen molar-refractivity contribution in [1.82, 2.24) is 19.8 Å². The van der Waals surface area contributed by atoms with Gasteiger partial charge in [0.15, 0.2) is 0 Å². The van der Waals surface area contributed by atoms with Crippen LogP contribution in [0, 0.1) is 6.92 Å². The van der Waals surface area contributed by atoms with E-state index in [1.165, 1.54) is 35.4 Å². The summed E-state index contributed by atoms with van der Waals surface area (Å²) in [7, 11) is 0. The standard InChI is InChI=1S/C32H38N4/c1-25-31(34-32(33-25)29-17-10-5-11-18-29)26(2)36-23-21-35(22-24-36)20-12-19-30(27-13-6-3-7-14-27)28-15-8-4-9-16-28/h3-11,13-18,26,30H,12,19-24H2,1-2H3,(H,33,34). The van der Waals surface area contributed by atoms with Gasteiger partial charge in [0.25, 0.3) is 0 Å². The normalized spacial score (nSPS) is 15.9. The maximum absolute atomic E-state index is 4.99. The Labute approximate surface area is 216 Å². The molecule has 36 heavy (non-hydrogen) atoms. The van der Waals surface area contributed by atoms with Crippen molar-refractivity contribution in [2.24, 2.45) is 0 Å². The summed E-state index contributed by atoms with van der Waals surface area (Å²) in [6, 6.07) is 32.7. The van der Waals surface area contributed by atoms with Crippen molar-refractivity contribution in [1.29, 1.82) is 0 Å². The first-order chi connectivity index (χ1) is 17.7. The van der Waals surface area contributed by atoms with E-state index in [0.717, 1.165) is 44.1 Å². The van der Waals surface area contributed by atoms with Crippen LogP contribution in [0.15, 0.2) is 91.0 Å². The summed E-state index contributed by atoms with van der Waals surface area (Å²) in [6.07, 6.45) is 2.39. The Balaban J connectivity index is 1.14. The average molecular weight is 479 g/mol. The fourth-order valence-corrected chi connectivity index (χ4v) is 5.58. The van der Waals surface area contributed by atoms with Gasteiger partial charge in [-0.25, -0.2) is 4.98 Å². The Bertz CT molecular complexity index is 1160. The summed E-state index contributed by atoms with van der Waals surface area (Å²) < 4.78 is 0. The second kappa shape index (κ2) is 11.7. The number of H-pyrrole nitrogens is 1. The molecule has 0 aliphatic carbocycles. The highest BCUT2D eigenvalue weighted by atomic mass is 15.3. The minimum atomic E-state index is 0.321. The first kappa shape index (κ1) is 24.5. The maximum atomic E-state index is 4.99. The average Bonchev–Trinajstić information content (AvgIpc) is 3.34. The molecule has 1 N–H and O–H groups in total. The first-order valence-corrected chi connectivity index (χ1v) is 13.4. The molecule has 1 unspecified atom stereocenters. The molecular weight excluding hydrogens is 440 g/mol. The minimum absolute atomic E-state index is 0.321. The van der Waals surface area contributed by atoms with Crippen LogP contribution in [0.1, 0.15) is 54.2 Å². The second-order valence-electron chi connectivity index (χ2n) is 10.0. The molecule has 4 nitrogen and oxygen atoms in total. The zero-order chi connectivity index (χ0) is 24.7. The quantitative estimate of drug-likeness (QED) is 0.292. The summed E-state index contributed by atoms with van der Waals surface area (Å²) in [5.41, 5.74) is 6.35. The van der Waals surface area contributed by atoms with Gasteiger partial charge in [-0.3, -0.25) is 4.90 Å².